The van der Waals surface area contributed by atoms with Crippen LogP contribution in [0.3, 0.4) is 0 Å². The van der Waals surface area contributed by atoms with Gasteiger partial charge in [-0.2, -0.15) is 0 Å². The first-order valence-electron chi connectivity index (χ1n) is 4.76. The van der Waals surface area contributed by atoms with Crippen LogP contribution in [0.5, 0.6) is 0 Å². The Labute approximate surface area is 88.0 Å². The van der Waals surface area contributed by atoms with E-state index in [4.69, 9.17) is 18.5 Å². The molecule has 0 aliphatic carbocycles. The molecule has 0 amide bonds. The molecule has 2 saturated heterocycles. The average Bonchev–Trinajstić information content (AvgIpc) is 2.72. The lowest BCUT2D eigenvalue weighted by Crippen LogP contribution is -2.32. The smallest absolute Gasteiger partial charge is 0.327 e. The van der Waals surface area contributed by atoms with E-state index in [0.717, 1.165) is 0 Å². The summed E-state index contributed by atoms with van der Waals surface area (Å²) in [7, 11) is -1.70. The number of fused-ring (bicyclic) bond motifs is 1. The van der Waals surface area contributed by atoms with E-state index in [1.807, 2.05) is 0 Å². The summed E-state index contributed by atoms with van der Waals surface area (Å²) in [5.41, 5.74) is 0. The fraction of sp³-hybridized carbons (Fsp3) is 1.00. The summed E-state index contributed by atoms with van der Waals surface area (Å²) in [6, 6.07) is 0. The molecule has 0 radical (unpaired) electrons. The highest BCUT2D eigenvalue weighted by Crippen LogP contribution is 2.46. The van der Waals surface area contributed by atoms with E-state index in [1.165, 1.54) is 13.8 Å². The Bertz CT molecular complexity index is 282. The first-order chi connectivity index (χ1) is 7.03. The molecule has 0 spiro atoms. The number of hydrogen-bond acceptors (Lipinski definition) is 6. The first-order valence-corrected chi connectivity index (χ1v) is 6.75. The van der Waals surface area contributed by atoms with Crippen molar-refractivity contribution >= 4 is 7.60 Å². The highest BCUT2D eigenvalue weighted by atomic mass is 31.2. The summed E-state index contributed by atoms with van der Waals surface area (Å²) in [6.45, 7) is 1.90. The molecular formula is C8H15O6P. The lowest BCUT2D eigenvalue weighted by atomic mass is 10.1. The number of ether oxygens (including phenoxy) is 2. The molecular weight excluding hydrogens is 223 g/mol. The Kier molecular flexibility index (Phi) is 3.17. The van der Waals surface area contributed by atoms with Gasteiger partial charge in [0.1, 0.15) is 24.4 Å². The first kappa shape index (κ1) is 11.5. The second-order valence-corrected chi connectivity index (χ2v) is 5.88. The SMILES string of the molecule is COP(C)(=O)O[C@@H]1CO[C@H]2[C@@H]1OC[C@H]2O. The van der Waals surface area contributed by atoms with Gasteiger partial charge in [-0.05, 0) is 0 Å². The standard InChI is InChI=1S/C8H15O6P/c1-11-15(2,10)14-6-4-13-7-5(9)3-12-8(6)7/h5-9H,3-4H2,1-2H3/t5-,6-,7-,8-,15?/m1/s1. The molecule has 7 heteroatoms. The molecule has 2 rings (SSSR count). The summed E-state index contributed by atoms with van der Waals surface area (Å²) >= 11 is 0. The molecule has 0 aromatic carbocycles. The summed E-state index contributed by atoms with van der Waals surface area (Å²) in [5, 5.41) is 9.47. The molecule has 2 heterocycles. The zero-order chi connectivity index (χ0) is 11.1. The van der Waals surface area contributed by atoms with Crippen molar-refractivity contribution in [2.45, 2.75) is 24.4 Å². The lowest BCUT2D eigenvalue weighted by molar-refractivity contribution is 0.00611. The molecule has 0 bridgehead atoms. The topological polar surface area (TPSA) is 74.2 Å². The zero-order valence-electron chi connectivity index (χ0n) is 8.66. The van der Waals surface area contributed by atoms with Crippen molar-refractivity contribution in [1.29, 1.82) is 0 Å². The van der Waals surface area contributed by atoms with Crippen LogP contribution in [0.2, 0.25) is 0 Å². The number of aliphatic hydroxyl groups is 1. The Balaban J connectivity index is 1.98. The van der Waals surface area contributed by atoms with Crippen LogP contribution >= 0.6 is 7.60 Å². The molecule has 88 valence electrons. The summed E-state index contributed by atoms with van der Waals surface area (Å²) in [6.07, 6.45) is -1.76. The van der Waals surface area contributed by atoms with Crippen molar-refractivity contribution in [3.8, 4) is 0 Å². The number of aliphatic hydroxyl groups excluding tert-OH is 1. The van der Waals surface area contributed by atoms with Crippen molar-refractivity contribution in [3.05, 3.63) is 0 Å². The number of hydrogen-bond donors (Lipinski definition) is 1. The zero-order valence-corrected chi connectivity index (χ0v) is 9.55. The molecule has 2 aliphatic rings. The largest absolute Gasteiger partial charge is 0.388 e. The van der Waals surface area contributed by atoms with E-state index < -0.39 is 19.8 Å². The second kappa shape index (κ2) is 4.13. The molecule has 1 N–H and O–H groups in total. The fourth-order valence-corrected chi connectivity index (χ4v) is 2.58. The lowest BCUT2D eigenvalue weighted by Gasteiger charge is -2.19. The number of rotatable bonds is 3. The van der Waals surface area contributed by atoms with Crippen molar-refractivity contribution in [3.63, 3.8) is 0 Å². The Hall–Kier alpha value is 0.0300. The van der Waals surface area contributed by atoms with Gasteiger partial charge in [-0.1, -0.05) is 0 Å². The van der Waals surface area contributed by atoms with Crippen LogP contribution in [-0.2, 0) is 23.1 Å². The van der Waals surface area contributed by atoms with E-state index in [0.29, 0.717) is 0 Å². The third-order valence-corrected chi connectivity index (χ3v) is 3.96. The average molecular weight is 238 g/mol. The molecule has 2 aliphatic heterocycles. The van der Waals surface area contributed by atoms with Crippen molar-refractivity contribution in [2.75, 3.05) is 27.0 Å². The van der Waals surface area contributed by atoms with Gasteiger partial charge in [-0.3, -0.25) is 4.57 Å². The Morgan fingerprint density at radius 2 is 2.00 bits per heavy atom. The second-order valence-electron chi connectivity index (χ2n) is 3.76. The van der Waals surface area contributed by atoms with Gasteiger partial charge in [0.2, 0.25) is 0 Å². The highest BCUT2D eigenvalue weighted by Gasteiger charge is 2.49. The van der Waals surface area contributed by atoms with Crippen LogP contribution in [0.15, 0.2) is 0 Å². The van der Waals surface area contributed by atoms with E-state index in [1.54, 1.807) is 0 Å². The Morgan fingerprint density at radius 1 is 1.33 bits per heavy atom. The maximum atomic E-state index is 11.6. The maximum Gasteiger partial charge on any atom is 0.327 e. The third-order valence-electron chi connectivity index (χ3n) is 2.64. The molecule has 5 atom stereocenters. The monoisotopic (exact) mass is 238 g/mol. The van der Waals surface area contributed by atoms with Gasteiger partial charge in [0.05, 0.1) is 13.2 Å². The molecule has 6 nitrogen and oxygen atoms in total. The van der Waals surface area contributed by atoms with Crippen LogP contribution in [0, 0.1) is 0 Å². The molecule has 2 fully saturated rings. The van der Waals surface area contributed by atoms with Gasteiger partial charge in [0, 0.05) is 13.8 Å². The minimum absolute atomic E-state index is 0.232. The summed E-state index contributed by atoms with van der Waals surface area (Å²) in [5.74, 6) is 0. The normalized spacial score (nSPS) is 43.9. The van der Waals surface area contributed by atoms with Crippen molar-refractivity contribution < 1.29 is 28.2 Å². The van der Waals surface area contributed by atoms with Crippen LogP contribution in [0.1, 0.15) is 0 Å². The van der Waals surface area contributed by atoms with E-state index in [9.17, 15) is 9.67 Å². The predicted molar refractivity (Wildman–Crippen MR) is 50.9 cm³/mol. The van der Waals surface area contributed by atoms with Crippen molar-refractivity contribution in [1.82, 2.24) is 0 Å². The maximum absolute atomic E-state index is 11.6. The minimum atomic E-state index is -3.03. The van der Waals surface area contributed by atoms with Gasteiger partial charge in [0.25, 0.3) is 0 Å². The minimum Gasteiger partial charge on any atom is -0.388 e. The molecule has 1 unspecified atom stereocenters. The molecule has 15 heavy (non-hydrogen) atoms. The van der Waals surface area contributed by atoms with E-state index in [-0.39, 0.29) is 25.4 Å². The van der Waals surface area contributed by atoms with Crippen LogP contribution in [0.25, 0.3) is 0 Å². The summed E-state index contributed by atoms with van der Waals surface area (Å²) < 4.78 is 32.2. The highest BCUT2D eigenvalue weighted by molar-refractivity contribution is 7.52. The van der Waals surface area contributed by atoms with Crippen molar-refractivity contribution in [2.24, 2.45) is 0 Å². The predicted octanol–water partition coefficient (Wildman–Crippen LogP) is -0.000600. The Morgan fingerprint density at radius 3 is 2.67 bits per heavy atom. The summed E-state index contributed by atoms with van der Waals surface area (Å²) in [4.78, 5) is 0. The fourth-order valence-electron chi connectivity index (χ4n) is 1.82. The van der Waals surface area contributed by atoms with Gasteiger partial charge in [0.15, 0.2) is 0 Å². The van der Waals surface area contributed by atoms with Gasteiger partial charge in [-0.15, -0.1) is 0 Å². The van der Waals surface area contributed by atoms with Gasteiger partial charge in [-0.25, -0.2) is 0 Å². The quantitative estimate of drug-likeness (QED) is 0.697. The van der Waals surface area contributed by atoms with E-state index >= 15 is 0 Å². The molecule has 0 aromatic rings. The van der Waals surface area contributed by atoms with Gasteiger partial charge >= 0.3 is 7.60 Å². The molecule has 0 saturated carbocycles. The van der Waals surface area contributed by atoms with E-state index in [2.05, 4.69) is 0 Å². The third kappa shape index (κ3) is 2.25. The van der Waals surface area contributed by atoms with Crippen LogP contribution < -0.4 is 0 Å². The van der Waals surface area contributed by atoms with Gasteiger partial charge < -0.3 is 23.6 Å². The van der Waals surface area contributed by atoms with Crippen LogP contribution in [-0.4, -0.2) is 56.5 Å². The molecule has 0 aromatic heterocycles. The van der Waals surface area contributed by atoms with Crippen LogP contribution in [0.4, 0.5) is 0 Å².